The molecule has 11 aliphatic rings. The molecule has 73 heavy (non-hydrogen) atoms. The number of nitrogens with zero attached hydrogens (tertiary/aromatic N) is 1. The minimum Gasteiger partial charge on any atom is -1.00 e. The molecule has 13 rings (SSSR count). The van der Waals surface area contributed by atoms with Crippen LogP contribution in [0.15, 0.2) is 47.9 Å². The van der Waals surface area contributed by atoms with Gasteiger partial charge in [0.2, 0.25) is 0 Å². The molecule has 4 N–H and O–H groups in total. The van der Waals surface area contributed by atoms with Crippen LogP contribution in [0.1, 0.15) is 61.8 Å². The minimum atomic E-state index is -1.53. The maximum absolute atomic E-state index is 13.0. The van der Waals surface area contributed by atoms with Crippen LogP contribution in [0.5, 0.6) is 23.0 Å². The number of carbonyl (C=O) groups is 2. The van der Waals surface area contributed by atoms with Crippen LogP contribution in [0.3, 0.4) is 0 Å². The van der Waals surface area contributed by atoms with E-state index in [1.807, 2.05) is 38.1 Å². The predicted molar refractivity (Wildman–Crippen MR) is 246 cm³/mol. The monoisotopic (exact) mass is 1040 g/mol. The zero-order valence-corrected chi connectivity index (χ0v) is 42.7. The topological polar surface area (TPSA) is 222 Å². The summed E-state index contributed by atoms with van der Waals surface area (Å²) in [6, 6.07) is 9.09. The zero-order valence-electron chi connectivity index (χ0n) is 41.9. The summed E-state index contributed by atoms with van der Waals surface area (Å²) in [7, 11) is 9.29. The number of hydrogen-bond donors (Lipinski definition) is 4. The minimum absolute atomic E-state index is 0. The van der Waals surface area contributed by atoms with Gasteiger partial charge in [-0.15, -0.1) is 0 Å². The number of aliphatic hydroxyl groups excluding tert-OH is 3. The Kier molecular flexibility index (Phi) is 13.0. The largest absolute Gasteiger partial charge is 1.00 e. The third kappa shape index (κ3) is 7.75. The summed E-state index contributed by atoms with van der Waals surface area (Å²) in [5.74, 6) is 3.80. The second-order valence-corrected chi connectivity index (χ2v) is 21.6. The van der Waals surface area contributed by atoms with Crippen molar-refractivity contribution in [3.8, 4) is 23.0 Å². The van der Waals surface area contributed by atoms with Crippen LogP contribution in [-0.2, 0) is 66.3 Å². The average Bonchev–Trinajstić information content (AvgIpc) is 4.14. The lowest BCUT2D eigenvalue weighted by molar-refractivity contribution is -0.918. The standard InChI is InChI=1S/C28H35NO9.C24H29NO9.ClH/c1-27(2)37-22-19(34-25(32-5)23(22)38-27)13-33-26(30)35-18-9-7-15-16-12-14-6-8-17(31-4)21-20(14)28(15,24(18)36-21)10-11-29(16)3;1-25-8-7-24-12-4-6-15(33-23(29)31-10-16-18(26)19(27)22(28)32-16)21(24)34-20-14(30-2)5-3-11(17(20)24)9-13(12)25;/h6,8-9,15-16,19,22-25H,7,10-13H2,1-5H3;3,5-6,12-13,16,18-19,21-22,26-28H,4,7-10H2,1-2H3;1H/t15?,16-,19-,22+,23?,24?,25?,28+;12?,13-,16-,18+,19?,21?,22?,24+;/m11./s1. The van der Waals surface area contributed by atoms with Gasteiger partial charge in [0.25, 0.3) is 0 Å². The number of rotatable bonds is 9. The Hall–Kier alpha value is -4.45. The first-order chi connectivity index (χ1) is 34.6. The molecule has 398 valence electrons. The SMILES string of the molecule is COc1ccc2c3c1OC1C(OC(=O)OC[C@H]4OC(O)C(O)[C@H]4O)=CCC4[C@@H](C2)[NH+](C)CC[C@]314.COc1ccc2c3c1OC1C(OC(=O)OC[C@H]4OC(OC)C5OC(C)(C)O[C@H]54)=CCC4[C@@H](C2)N(C)CC[C@]314.[Cl-]. The molecule has 20 nitrogen and oxygen atoms in total. The lowest BCUT2D eigenvalue weighted by Crippen LogP contribution is -3.16. The van der Waals surface area contributed by atoms with Crippen LogP contribution in [0.2, 0.25) is 0 Å². The van der Waals surface area contributed by atoms with E-state index in [1.165, 1.54) is 27.2 Å². The molecule has 5 saturated heterocycles. The number of piperidine rings is 2. The van der Waals surface area contributed by atoms with Crippen LogP contribution in [0, 0.1) is 11.8 Å². The molecule has 0 aromatic heterocycles. The van der Waals surface area contributed by atoms with E-state index in [-0.39, 0.29) is 36.5 Å². The van der Waals surface area contributed by atoms with E-state index in [0.717, 1.165) is 63.1 Å². The van der Waals surface area contributed by atoms with E-state index < -0.39 is 79.5 Å². The Morgan fingerprint density at radius 3 is 1.92 bits per heavy atom. The van der Waals surface area contributed by atoms with Crippen molar-refractivity contribution in [1.82, 2.24) is 4.90 Å². The Balaban J connectivity index is 0.000000156. The van der Waals surface area contributed by atoms with Crippen LogP contribution < -0.4 is 36.3 Å². The summed E-state index contributed by atoms with van der Waals surface area (Å²) >= 11 is 0. The van der Waals surface area contributed by atoms with Crippen molar-refractivity contribution in [2.75, 3.05) is 61.7 Å². The Morgan fingerprint density at radius 2 is 1.33 bits per heavy atom. The van der Waals surface area contributed by atoms with E-state index in [4.69, 9.17) is 61.6 Å². The van der Waals surface area contributed by atoms with Gasteiger partial charge in [-0.1, -0.05) is 12.1 Å². The number of aliphatic hydroxyl groups is 3. The third-order valence-corrected chi connectivity index (χ3v) is 17.8. The summed E-state index contributed by atoms with van der Waals surface area (Å²) in [6.45, 7) is 5.22. The molecule has 4 aliphatic carbocycles. The number of fused-ring (bicyclic) bond motifs is 1. The molecule has 21 heteroatoms. The van der Waals surface area contributed by atoms with Gasteiger partial charge >= 0.3 is 12.3 Å². The van der Waals surface area contributed by atoms with Crippen LogP contribution >= 0.6 is 0 Å². The number of likely N-dealkylation sites (N-methyl/N-ethyl adjacent to an activating group) is 2. The van der Waals surface area contributed by atoms with Crippen molar-refractivity contribution >= 4 is 12.3 Å². The van der Waals surface area contributed by atoms with E-state index in [1.54, 1.807) is 21.3 Å². The zero-order chi connectivity index (χ0) is 50.2. The average molecular weight is 1040 g/mol. The summed E-state index contributed by atoms with van der Waals surface area (Å²) in [5.41, 5.74) is 4.45. The molecule has 0 saturated carbocycles. The number of likely N-dealkylation sites (tertiary alicyclic amines) is 2. The smallest absolute Gasteiger partial charge is 0.513 e. The summed E-state index contributed by atoms with van der Waals surface area (Å²) in [4.78, 5) is 29.5. The van der Waals surface area contributed by atoms with Gasteiger partial charge < -0.3 is 99.1 Å². The molecule has 2 aromatic rings. The quantitative estimate of drug-likeness (QED) is 0.220. The van der Waals surface area contributed by atoms with E-state index >= 15 is 0 Å². The lowest BCUT2D eigenvalue weighted by Gasteiger charge is -2.56. The highest BCUT2D eigenvalue weighted by Gasteiger charge is 2.68. The normalized spacial score (nSPS) is 39.8. The second-order valence-electron chi connectivity index (χ2n) is 21.6. The van der Waals surface area contributed by atoms with Gasteiger partial charge in [0.15, 0.2) is 53.6 Å². The number of halogens is 1. The number of allylic oxidation sites excluding steroid dienone is 2. The molecular weight excluding hydrogens is 976 g/mol. The molecule has 9 unspecified atom stereocenters. The van der Waals surface area contributed by atoms with Crippen LogP contribution in [-0.4, -0.2) is 174 Å². The molecular formula is C52H65ClN2O18. The molecule has 5 fully saturated rings. The maximum atomic E-state index is 13.0. The fourth-order valence-electron chi connectivity index (χ4n) is 14.7. The van der Waals surface area contributed by atoms with Gasteiger partial charge in [0.05, 0.1) is 39.3 Å². The first kappa shape index (κ1) is 50.7. The number of hydrogen-bond acceptors (Lipinski definition) is 19. The van der Waals surface area contributed by atoms with Gasteiger partial charge in [-0.2, -0.15) is 0 Å². The highest BCUT2D eigenvalue weighted by atomic mass is 35.5. The molecule has 0 radical (unpaired) electrons. The van der Waals surface area contributed by atoms with Crippen molar-refractivity contribution in [2.24, 2.45) is 11.8 Å². The van der Waals surface area contributed by atoms with Gasteiger partial charge in [-0.25, -0.2) is 9.59 Å². The highest BCUT2D eigenvalue weighted by molar-refractivity contribution is 5.67. The van der Waals surface area contributed by atoms with Crippen molar-refractivity contribution in [2.45, 2.75) is 142 Å². The molecule has 7 heterocycles. The Morgan fingerprint density at radius 1 is 0.753 bits per heavy atom. The first-order valence-electron chi connectivity index (χ1n) is 25.2. The van der Waals surface area contributed by atoms with E-state index in [0.29, 0.717) is 46.9 Å². The van der Waals surface area contributed by atoms with Crippen molar-refractivity contribution in [3.05, 3.63) is 70.2 Å². The van der Waals surface area contributed by atoms with Crippen molar-refractivity contribution in [1.29, 1.82) is 0 Å². The molecule has 2 aromatic carbocycles. The number of ether oxygens (including phenoxy) is 13. The molecule has 17 atom stereocenters. The number of benzene rings is 2. The Labute approximate surface area is 429 Å². The molecule has 4 bridgehead atoms. The van der Waals surface area contributed by atoms with Gasteiger partial charge in [-0.05, 0) is 94.5 Å². The number of nitrogens with one attached hydrogen (secondary N) is 1. The summed E-state index contributed by atoms with van der Waals surface area (Å²) in [6.07, 6.45) is -0.657. The van der Waals surface area contributed by atoms with Crippen LogP contribution in [0.25, 0.3) is 0 Å². The fourth-order valence-corrected chi connectivity index (χ4v) is 14.7. The molecule has 0 amide bonds. The first-order valence-corrected chi connectivity index (χ1v) is 25.2. The maximum Gasteiger partial charge on any atom is 0.513 e. The van der Waals surface area contributed by atoms with Crippen molar-refractivity contribution in [3.63, 3.8) is 0 Å². The third-order valence-electron chi connectivity index (χ3n) is 17.8. The van der Waals surface area contributed by atoms with Gasteiger partial charge in [0, 0.05) is 48.5 Å². The van der Waals surface area contributed by atoms with E-state index in [2.05, 4.69) is 31.1 Å². The lowest BCUT2D eigenvalue weighted by atomic mass is 9.53. The van der Waals surface area contributed by atoms with Gasteiger partial charge in [-0.3, -0.25) is 0 Å². The molecule has 2 spiro atoms. The molecule has 7 aliphatic heterocycles. The summed E-state index contributed by atoms with van der Waals surface area (Å²) < 4.78 is 74.8. The van der Waals surface area contributed by atoms with Crippen LogP contribution in [0.4, 0.5) is 9.59 Å². The second kappa shape index (κ2) is 18.7. The number of methoxy groups -OCH3 is 3. The fraction of sp³-hybridized carbons (Fsp3) is 0.654. The number of carbonyl (C=O) groups excluding carboxylic acids is 2. The number of quaternary nitrogens is 1. The Bertz CT molecular complexity index is 2580. The van der Waals surface area contributed by atoms with Gasteiger partial charge in [0.1, 0.15) is 61.4 Å². The summed E-state index contributed by atoms with van der Waals surface area (Å²) in [5, 5.41) is 29.0. The van der Waals surface area contributed by atoms with E-state index in [9.17, 15) is 24.9 Å². The predicted octanol–water partition coefficient (Wildman–Crippen LogP) is -1.06. The van der Waals surface area contributed by atoms with Crippen molar-refractivity contribution < 1.29 is 104 Å². The highest BCUT2D eigenvalue weighted by Crippen LogP contribution is 2.65.